The number of carbonyl (C=O) groups is 4. The van der Waals surface area contributed by atoms with E-state index in [-0.39, 0.29) is 22.5 Å². The molecule has 0 aliphatic heterocycles. The highest BCUT2D eigenvalue weighted by molar-refractivity contribution is 6.25. The maximum Gasteiger partial charge on any atom is 0.255 e. The molecule has 0 bridgehead atoms. The van der Waals surface area contributed by atoms with E-state index < -0.39 is 75.5 Å². The van der Waals surface area contributed by atoms with Crippen molar-refractivity contribution in [2.75, 3.05) is 14.1 Å². The van der Waals surface area contributed by atoms with Gasteiger partial charge in [0.05, 0.1) is 29.2 Å². The van der Waals surface area contributed by atoms with E-state index in [1.165, 1.54) is 38.1 Å². The number of amides is 1. The van der Waals surface area contributed by atoms with Crippen molar-refractivity contribution in [2.45, 2.75) is 24.7 Å². The van der Waals surface area contributed by atoms with Crippen LogP contribution in [0.15, 0.2) is 59.4 Å². The number of phenols is 1. The number of carbonyl (C=O) groups excluding carboxylic acids is 4. The Morgan fingerprint density at radius 2 is 1.66 bits per heavy atom. The van der Waals surface area contributed by atoms with Crippen LogP contribution in [0.4, 0.5) is 0 Å². The minimum absolute atomic E-state index is 0.150. The third-order valence-corrected chi connectivity index (χ3v) is 8.17. The smallest absolute Gasteiger partial charge is 0.255 e. The molecule has 41 heavy (non-hydrogen) atoms. The Morgan fingerprint density at radius 1 is 1.02 bits per heavy atom. The monoisotopic (exact) mass is 560 g/mol. The molecule has 0 radical (unpaired) electrons. The summed E-state index contributed by atoms with van der Waals surface area (Å²) in [5.41, 5.74) is 2.20. The molecule has 1 fully saturated rings. The first-order valence-corrected chi connectivity index (χ1v) is 12.7. The third kappa shape index (κ3) is 3.85. The van der Waals surface area contributed by atoms with E-state index in [9.17, 15) is 44.7 Å². The number of fused-ring (bicyclic) bond motifs is 3. The van der Waals surface area contributed by atoms with Crippen molar-refractivity contribution >= 4 is 40.7 Å². The van der Waals surface area contributed by atoms with Crippen LogP contribution in [-0.4, -0.2) is 85.5 Å². The third-order valence-electron chi connectivity index (χ3n) is 8.17. The summed E-state index contributed by atoms with van der Waals surface area (Å²) >= 11 is 0. The van der Waals surface area contributed by atoms with Crippen molar-refractivity contribution in [3.63, 3.8) is 0 Å². The molecular weight excluding hydrogens is 532 g/mol. The molecule has 1 amide bonds. The first-order chi connectivity index (χ1) is 19.2. The van der Waals surface area contributed by atoms with Crippen molar-refractivity contribution in [3.8, 4) is 5.75 Å². The van der Waals surface area contributed by atoms with Crippen LogP contribution in [0, 0.1) is 11.8 Å². The molecule has 7 N–H and O–H groups in total. The lowest BCUT2D eigenvalue weighted by atomic mass is 9.55. The number of phenolic OH excluding ortho intramolecular Hbond substituents is 1. The highest BCUT2D eigenvalue weighted by Crippen LogP contribution is 2.56. The van der Waals surface area contributed by atoms with Gasteiger partial charge < -0.3 is 31.3 Å². The van der Waals surface area contributed by atoms with Crippen molar-refractivity contribution in [1.29, 1.82) is 0 Å². The Balaban J connectivity index is 1.83. The van der Waals surface area contributed by atoms with E-state index in [1.807, 2.05) is 0 Å². The number of primary amides is 1. The Morgan fingerprint density at radius 3 is 2.22 bits per heavy atom. The van der Waals surface area contributed by atoms with E-state index in [0.717, 1.165) is 0 Å². The van der Waals surface area contributed by atoms with Gasteiger partial charge in [-0.15, -0.1) is 0 Å². The van der Waals surface area contributed by atoms with Crippen molar-refractivity contribution in [3.05, 3.63) is 81.6 Å². The van der Waals surface area contributed by atoms with Gasteiger partial charge in [0.15, 0.2) is 17.2 Å². The predicted octanol–water partition coefficient (Wildman–Crippen LogP) is 1.14. The van der Waals surface area contributed by atoms with Crippen LogP contribution >= 0.6 is 0 Å². The number of aliphatic hydroxyl groups is 4. The number of Topliss-reactive ketones (excluding diaryl/α,β-unsaturated/α-hetero) is 3. The summed E-state index contributed by atoms with van der Waals surface area (Å²) in [6, 6.07) is 9.33. The van der Waals surface area contributed by atoms with Gasteiger partial charge >= 0.3 is 0 Å². The molecule has 1 saturated carbocycles. The summed E-state index contributed by atoms with van der Waals surface area (Å²) in [4.78, 5) is 52.8. The van der Waals surface area contributed by atoms with Crippen molar-refractivity contribution < 1.29 is 44.7 Å². The summed E-state index contributed by atoms with van der Waals surface area (Å²) in [6.07, 6.45) is -0.180. The quantitative estimate of drug-likeness (QED) is 0.233. The van der Waals surface area contributed by atoms with Crippen LogP contribution in [0.1, 0.15) is 34.0 Å². The summed E-state index contributed by atoms with van der Waals surface area (Å²) in [5.74, 6) is -9.27. The fourth-order valence-electron chi connectivity index (χ4n) is 6.30. The second kappa shape index (κ2) is 9.51. The lowest BCUT2D eigenvalue weighted by Gasteiger charge is -2.53. The molecule has 11 nitrogen and oxygen atoms in total. The first kappa shape index (κ1) is 28.0. The van der Waals surface area contributed by atoms with Gasteiger partial charge in [-0.25, -0.2) is 0 Å². The van der Waals surface area contributed by atoms with Crippen molar-refractivity contribution in [1.82, 2.24) is 4.90 Å². The SMILES string of the molecule is CC(=O)c1ccc(/C=C2\c3cccc(O)c3C(O)=C3C(=O)[C@]4(O)C(O)=C(C(N)=O)C(=O)[C@@H](N(C)C)[C@H]4[C@@H](O)[C@@H]32)cc1. The number of likely N-dealkylation sites (N-methyl/N-ethyl adjacent to an activating group) is 1. The van der Waals surface area contributed by atoms with Crippen molar-refractivity contribution in [2.24, 2.45) is 17.6 Å². The normalized spacial score (nSPS) is 28.5. The van der Waals surface area contributed by atoms with Gasteiger partial charge in [-0.05, 0) is 43.8 Å². The van der Waals surface area contributed by atoms with Crippen LogP contribution in [0.5, 0.6) is 5.75 Å². The fourth-order valence-corrected chi connectivity index (χ4v) is 6.30. The number of ketones is 3. The molecule has 3 aliphatic rings. The lowest BCUT2D eigenvalue weighted by Crippen LogP contribution is -2.70. The summed E-state index contributed by atoms with van der Waals surface area (Å²) in [5, 5.41) is 56.8. The number of nitrogens with two attached hydrogens (primary N) is 1. The molecule has 2 aromatic carbocycles. The highest BCUT2D eigenvalue weighted by atomic mass is 16.4. The molecule has 11 heteroatoms. The maximum atomic E-state index is 14.2. The zero-order valence-corrected chi connectivity index (χ0v) is 22.3. The molecule has 0 saturated heterocycles. The predicted molar refractivity (Wildman–Crippen MR) is 146 cm³/mol. The van der Waals surface area contributed by atoms with Crippen LogP contribution in [-0.2, 0) is 14.4 Å². The zero-order chi connectivity index (χ0) is 30.1. The van der Waals surface area contributed by atoms with Gasteiger partial charge in [-0.2, -0.15) is 0 Å². The number of benzene rings is 2. The van der Waals surface area contributed by atoms with Crippen LogP contribution in [0.25, 0.3) is 17.4 Å². The zero-order valence-electron chi connectivity index (χ0n) is 22.3. The molecule has 2 aromatic rings. The average Bonchev–Trinajstić information content (AvgIpc) is 2.90. The van der Waals surface area contributed by atoms with E-state index in [4.69, 9.17) is 5.73 Å². The minimum Gasteiger partial charge on any atom is -0.508 e. The fraction of sp³-hybridized carbons (Fsp3) is 0.267. The standard InChI is InChI=1S/C30H28N2O9/c1-12(33)14-9-7-13(8-10-14)11-16-15-5-4-6-17(34)18(15)24(35)20-19(16)25(36)22-23(32(2)3)26(37)21(29(31)40)28(39)30(22,41)27(20)38/h4-11,19,22-23,25,34-36,39,41H,1-3H3,(H2,31,40)/b16-11+/t19-,22+,23+,25+,30+/m1/s1. The number of hydrogen-bond acceptors (Lipinski definition) is 10. The Labute approximate surface area is 234 Å². The lowest BCUT2D eigenvalue weighted by molar-refractivity contribution is -0.166. The molecule has 3 aliphatic carbocycles. The minimum atomic E-state index is -3.01. The summed E-state index contributed by atoms with van der Waals surface area (Å²) in [7, 11) is 2.87. The molecule has 5 rings (SSSR count). The maximum absolute atomic E-state index is 14.2. The molecule has 0 spiro atoms. The molecule has 0 aromatic heterocycles. The van der Waals surface area contributed by atoms with Crippen LogP contribution < -0.4 is 5.73 Å². The van der Waals surface area contributed by atoms with Gasteiger partial charge in [0.2, 0.25) is 5.78 Å². The summed E-state index contributed by atoms with van der Waals surface area (Å²) in [6.45, 7) is 1.42. The van der Waals surface area contributed by atoms with Crippen LogP contribution in [0.2, 0.25) is 0 Å². The van der Waals surface area contributed by atoms with Gasteiger partial charge in [-0.3, -0.25) is 24.1 Å². The Hall–Kier alpha value is -4.58. The number of aromatic hydroxyl groups is 1. The second-order valence-corrected chi connectivity index (χ2v) is 10.7. The molecule has 5 atom stereocenters. The Bertz CT molecular complexity index is 1630. The van der Waals surface area contributed by atoms with E-state index in [2.05, 4.69) is 0 Å². The van der Waals surface area contributed by atoms with E-state index >= 15 is 0 Å². The van der Waals surface area contributed by atoms with Gasteiger partial charge in [-0.1, -0.05) is 42.5 Å². The molecule has 0 unspecified atom stereocenters. The number of rotatable bonds is 4. The second-order valence-electron chi connectivity index (χ2n) is 10.7. The Kier molecular flexibility index (Phi) is 6.49. The topological polar surface area (TPSA) is 199 Å². The van der Waals surface area contributed by atoms with E-state index in [1.54, 1.807) is 36.4 Å². The highest BCUT2D eigenvalue weighted by Gasteiger charge is 2.68. The van der Waals surface area contributed by atoms with Crippen LogP contribution in [0.3, 0.4) is 0 Å². The molecule has 0 heterocycles. The number of hydrogen-bond donors (Lipinski definition) is 6. The number of aliphatic hydroxyl groups excluding tert-OH is 3. The number of nitrogens with zero attached hydrogens (tertiary/aromatic N) is 1. The first-order valence-electron chi connectivity index (χ1n) is 12.7. The molecule has 212 valence electrons. The van der Waals surface area contributed by atoms with Gasteiger partial charge in [0.25, 0.3) is 5.91 Å². The van der Waals surface area contributed by atoms with Gasteiger partial charge in [0, 0.05) is 11.5 Å². The largest absolute Gasteiger partial charge is 0.508 e. The summed E-state index contributed by atoms with van der Waals surface area (Å²) < 4.78 is 0. The average molecular weight is 561 g/mol. The van der Waals surface area contributed by atoms with E-state index in [0.29, 0.717) is 11.1 Å². The molecular formula is C30H28N2O9. The van der Waals surface area contributed by atoms with Gasteiger partial charge in [0.1, 0.15) is 22.8 Å².